The van der Waals surface area contributed by atoms with Crippen LogP contribution in [0.15, 0.2) is 18.7 Å². The maximum atomic E-state index is 13.3. The van der Waals surface area contributed by atoms with Crippen LogP contribution >= 0.6 is 0 Å². The fourth-order valence-corrected chi connectivity index (χ4v) is 1.81. The lowest BCUT2D eigenvalue weighted by atomic mass is 10.2. The number of aromatic nitrogens is 2. The van der Waals surface area contributed by atoms with Crippen LogP contribution in [0.5, 0.6) is 0 Å². The first-order chi connectivity index (χ1) is 10.0. The Morgan fingerprint density at radius 1 is 0.905 bits per heavy atom. The van der Waals surface area contributed by atoms with Crippen molar-refractivity contribution in [2.24, 2.45) is 0 Å². The van der Waals surface area contributed by atoms with Crippen LogP contribution in [0, 0.1) is 29.1 Å². The van der Waals surface area contributed by atoms with Gasteiger partial charge in [0.2, 0.25) is 5.82 Å². The lowest BCUT2D eigenvalue weighted by Gasteiger charge is -2.10. The summed E-state index contributed by atoms with van der Waals surface area (Å²) < 4.78 is 67.2. The van der Waals surface area contributed by atoms with Gasteiger partial charge in [0.25, 0.3) is 0 Å². The van der Waals surface area contributed by atoms with Crippen molar-refractivity contribution in [2.45, 2.75) is 19.4 Å². The van der Waals surface area contributed by atoms with Crippen molar-refractivity contribution < 1.29 is 22.0 Å². The van der Waals surface area contributed by atoms with E-state index < -0.39 is 34.8 Å². The van der Waals surface area contributed by atoms with E-state index in [1.54, 1.807) is 18.7 Å². The molecular weight excluding hydrogens is 293 g/mol. The number of nitrogens with one attached hydrogen (secondary N) is 1. The van der Waals surface area contributed by atoms with Gasteiger partial charge in [0.15, 0.2) is 23.3 Å². The quantitative estimate of drug-likeness (QED) is 0.383. The van der Waals surface area contributed by atoms with Crippen LogP contribution < -0.4 is 5.32 Å². The molecule has 0 atom stereocenters. The van der Waals surface area contributed by atoms with Gasteiger partial charge in [-0.15, -0.1) is 0 Å². The van der Waals surface area contributed by atoms with Gasteiger partial charge in [-0.05, 0) is 12.8 Å². The molecule has 0 bridgehead atoms. The standard InChI is InChI=1S/C13H12F5N3/c14-8-9(15)11(17)13(12(18)10(8)16)20-3-1-2-5-21-6-4-19-7-21/h4,6-7,20H,1-3,5H2. The summed E-state index contributed by atoms with van der Waals surface area (Å²) in [5.41, 5.74) is -0.992. The number of hydrogen-bond acceptors (Lipinski definition) is 2. The number of imidazole rings is 1. The zero-order valence-corrected chi connectivity index (χ0v) is 10.8. The summed E-state index contributed by atoms with van der Waals surface area (Å²) in [6, 6.07) is 0. The molecule has 0 saturated heterocycles. The van der Waals surface area contributed by atoms with Crippen LogP contribution in [0.2, 0.25) is 0 Å². The Balaban J connectivity index is 1.91. The molecule has 0 saturated carbocycles. The number of benzene rings is 1. The van der Waals surface area contributed by atoms with Crippen LogP contribution in [0.3, 0.4) is 0 Å². The molecule has 114 valence electrons. The number of rotatable bonds is 6. The zero-order chi connectivity index (χ0) is 15.4. The molecular formula is C13H12F5N3. The first-order valence-corrected chi connectivity index (χ1v) is 6.23. The molecule has 0 aliphatic rings. The van der Waals surface area contributed by atoms with Gasteiger partial charge in [-0.3, -0.25) is 0 Å². The fourth-order valence-electron chi connectivity index (χ4n) is 1.81. The molecule has 0 aliphatic carbocycles. The molecule has 0 amide bonds. The van der Waals surface area contributed by atoms with Gasteiger partial charge in [-0.2, -0.15) is 0 Å². The Hall–Kier alpha value is -2.12. The summed E-state index contributed by atoms with van der Waals surface area (Å²) in [6.45, 7) is 0.742. The molecule has 0 fully saturated rings. The van der Waals surface area contributed by atoms with Crippen LogP contribution in [0.1, 0.15) is 12.8 Å². The zero-order valence-electron chi connectivity index (χ0n) is 10.8. The van der Waals surface area contributed by atoms with Crippen molar-refractivity contribution in [2.75, 3.05) is 11.9 Å². The van der Waals surface area contributed by atoms with E-state index in [1.165, 1.54) is 0 Å². The Bertz CT molecular complexity index is 584. The minimum Gasteiger partial charge on any atom is -0.380 e. The minimum atomic E-state index is -2.16. The van der Waals surface area contributed by atoms with Crippen molar-refractivity contribution in [1.82, 2.24) is 9.55 Å². The molecule has 21 heavy (non-hydrogen) atoms. The number of halogens is 5. The number of unbranched alkanes of at least 4 members (excludes halogenated alkanes) is 1. The monoisotopic (exact) mass is 305 g/mol. The Labute approximate surface area is 117 Å². The van der Waals surface area contributed by atoms with Gasteiger partial charge in [-0.1, -0.05) is 0 Å². The largest absolute Gasteiger partial charge is 0.380 e. The van der Waals surface area contributed by atoms with Gasteiger partial charge < -0.3 is 9.88 Å². The van der Waals surface area contributed by atoms with Crippen LogP contribution in [-0.4, -0.2) is 16.1 Å². The smallest absolute Gasteiger partial charge is 0.200 e. The number of anilines is 1. The molecule has 1 aromatic carbocycles. The molecule has 1 aromatic heterocycles. The number of aryl methyl sites for hydroxylation is 1. The van der Waals surface area contributed by atoms with Crippen LogP contribution in [-0.2, 0) is 6.54 Å². The SMILES string of the molecule is Fc1c(F)c(F)c(NCCCCn2ccnc2)c(F)c1F. The van der Waals surface area contributed by atoms with Crippen LogP contribution in [0.4, 0.5) is 27.6 Å². The maximum Gasteiger partial charge on any atom is 0.200 e. The molecule has 0 aliphatic heterocycles. The molecule has 0 radical (unpaired) electrons. The highest BCUT2D eigenvalue weighted by Gasteiger charge is 2.25. The van der Waals surface area contributed by atoms with Crippen LogP contribution in [0.25, 0.3) is 0 Å². The Kier molecular flexibility index (Phi) is 4.77. The predicted molar refractivity (Wildman–Crippen MR) is 66.2 cm³/mol. The third-order valence-corrected chi connectivity index (χ3v) is 2.91. The minimum absolute atomic E-state index is 0.0903. The first-order valence-electron chi connectivity index (χ1n) is 6.23. The molecule has 8 heteroatoms. The Morgan fingerprint density at radius 3 is 2.10 bits per heavy atom. The third kappa shape index (κ3) is 3.32. The molecule has 0 unspecified atom stereocenters. The highest BCUT2D eigenvalue weighted by molar-refractivity contribution is 5.47. The number of hydrogen-bond donors (Lipinski definition) is 1. The lowest BCUT2D eigenvalue weighted by molar-refractivity contribution is 0.381. The van der Waals surface area contributed by atoms with E-state index in [0.29, 0.717) is 19.4 Å². The van der Waals surface area contributed by atoms with Gasteiger partial charge in [0.1, 0.15) is 5.69 Å². The summed E-state index contributed by atoms with van der Waals surface area (Å²) in [6.07, 6.45) is 6.17. The van der Waals surface area contributed by atoms with E-state index in [9.17, 15) is 22.0 Å². The highest BCUT2D eigenvalue weighted by atomic mass is 19.2. The summed E-state index contributed by atoms with van der Waals surface area (Å²) in [5.74, 6) is -9.75. The average molecular weight is 305 g/mol. The highest BCUT2D eigenvalue weighted by Crippen LogP contribution is 2.26. The topological polar surface area (TPSA) is 29.9 Å². The molecule has 2 aromatic rings. The predicted octanol–water partition coefficient (Wildman–Crippen LogP) is 3.47. The summed E-state index contributed by atoms with van der Waals surface area (Å²) in [4.78, 5) is 3.85. The summed E-state index contributed by atoms with van der Waals surface area (Å²) in [7, 11) is 0. The normalized spacial score (nSPS) is 10.9. The van der Waals surface area contributed by atoms with E-state index in [0.717, 1.165) is 0 Å². The van der Waals surface area contributed by atoms with Gasteiger partial charge in [0, 0.05) is 25.5 Å². The maximum absolute atomic E-state index is 13.3. The van der Waals surface area contributed by atoms with Gasteiger partial charge in [-0.25, -0.2) is 26.9 Å². The van der Waals surface area contributed by atoms with E-state index in [2.05, 4.69) is 10.3 Å². The first kappa shape index (κ1) is 15.3. The van der Waals surface area contributed by atoms with E-state index in [1.807, 2.05) is 4.57 Å². The number of nitrogens with zero attached hydrogens (tertiary/aromatic N) is 2. The van der Waals surface area contributed by atoms with Crippen molar-refractivity contribution in [1.29, 1.82) is 0 Å². The molecule has 0 spiro atoms. The van der Waals surface area contributed by atoms with Gasteiger partial charge in [0.05, 0.1) is 6.33 Å². The fraction of sp³-hybridized carbons (Fsp3) is 0.308. The van der Waals surface area contributed by atoms with E-state index in [-0.39, 0.29) is 6.54 Å². The van der Waals surface area contributed by atoms with Crippen molar-refractivity contribution in [3.05, 3.63) is 47.8 Å². The summed E-state index contributed by atoms with van der Waals surface area (Å²) in [5, 5.41) is 2.25. The Morgan fingerprint density at radius 2 is 1.52 bits per heavy atom. The second-order valence-corrected chi connectivity index (χ2v) is 4.38. The summed E-state index contributed by atoms with van der Waals surface area (Å²) >= 11 is 0. The third-order valence-electron chi connectivity index (χ3n) is 2.91. The lowest BCUT2D eigenvalue weighted by Crippen LogP contribution is -2.11. The van der Waals surface area contributed by atoms with Crippen molar-refractivity contribution in [3.63, 3.8) is 0 Å². The average Bonchev–Trinajstić information content (AvgIpc) is 2.99. The molecule has 2 rings (SSSR count). The van der Waals surface area contributed by atoms with Crippen molar-refractivity contribution in [3.8, 4) is 0 Å². The molecule has 1 N–H and O–H groups in total. The van der Waals surface area contributed by atoms with Gasteiger partial charge >= 0.3 is 0 Å². The second kappa shape index (κ2) is 6.55. The van der Waals surface area contributed by atoms with E-state index in [4.69, 9.17) is 0 Å². The molecule has 3 nitrogen and oxygen atoms in total. The second-order valence-electron chi connectivity index (χ2n) is 4.38. The van der Waals surface area contributed by atoms with E-state index >= 15 is 0 Å². The molecule has 1 heterocycles. The van der Waals surface area contributed by atoms with Crippen molar-refractivity contribution >= 4 is 5.69 Å².